The fraction of sp³-hybridized carbons (Fsp3) is 0.900. The van der Waals surface area contributed by atoms with Gasteiger partial charge in [-0.3, -0.25) is 4.79 Å². The van der Waals surface area contributed by atoms with Crippen molar-refractivity contribution in [1.82, 2.24) is 0 Å². The summed E-state index contributed by atoms with van der Waals surface area (Å²) in [5.74, 6) is -0.0153. The number of Topliss-reactive ketones (excluding diaryl/α,β-unsaturated/α-hetero) is 1. The minimum Gasteiger partial charge on any atom is -0.368 e. The second-order valence-electron chi connectivity index (χ2n) is 4.84. The molecule has 0 bridgehead atoms. The quantitative estimate of drug-likeness (QED) is 0.720. The van der Waals surface area contributed by atoms with Crippen LogP contribution >= 0.6 is 0 Å². The molecule has 0 aliphatic heterocycles. The highest BCUT2D eigenvalue weighted by Crippen LogP contribution is 2.35. The standard InChI is InChI=1S/C10H15F3O2/c1-9(2)4-7(14)3-8(5-9)15-6-10(11,12)13/h8H,3-6H2,1-2H3. The largest absolute Gasteiger partial charge is 0.411 e. The summed E-state index contributed by atoms with van der Waals surface area (Å²) in [4.78, 5) is 11.3. The Morgan fingerprint density at radius 3 is 2.53 bits per heavy atom. The maximum absolute atomic E-state index is 11.9. The fourth-order valence-electron chi connectivity index (χ4n) is 1.95. The van der Waals surface area contributed by atoms with Gasteiger partial charge >= 0.3 is 6.18 Å². The average Bonchev–Trinajstić information content (AvgIpc) is 1.95. The zero-order valence-electron chi connectivity index (χ0n) is 8.86. The van der Waals surface area contributed by atoms with Crippen LogP contribution in [0.1, 0.15) is 33.1 Å². The van der Waals surface area contributed by atoms with Gasteiger partial charge in [-0.25, -0.2) is 0 Å². The van der Waals surface area contributed by atoms with Gasteiger partial charge in [0.25, 0.3) is 0 Å². The molecule has 1 fully saturated rings. The molecule has 0 aromatic rings. The normalized spacial score (nSPS) is 26.7. The lowest BCUT2D eigenvalue weighted by Crippen LogP contribution is -2.35. The highest BCUT2D eigenvalue weighted by atomic mass is 19.4. The Morgan fingerprint density at radius 1 is 1.47 bits per heavy atom. The monoisotopic (exact) mass is 224 g/mol. The van der Waals surface area contributed by atoms with E-state index in [0.29, 0.717) is 12.8 Å². The van der Waals surface area contributed by atoms with Crippen LogP contribution in [0, 0.1) is 5.41 Å². The van der Waals surface area contributed by atoms with Crippen molar-refractivity contribution in [2.24, 2.45) is 5.41 Å². The molecular weight excluding hydrogens is 209 g/mol. The van der Waals surface area contributed by atoms with Gasteiger partial charge in [-0.05, 0) is 11.8 Å². The molecule has 0 saturated heterocycles. The van der Waals surface area contributed by atoms with E-state index in [1.54, 1.807) is 0 Å². The minimum absolute atomic E-state index is 0.0153. The summed E-state index contributed by atoms with van der Waals surface area (Å²) in [5.41, 5.74) is -0.244. The Morgan fingerprint density at radius 2 is 2.07 bits per heavy atom. The SMILES string of the molecule is CC1(C)CC(=O)CC(OCC(F)(F)F)C1. The molecule has 1 unspecified atom stereocenters. The van der Waals surface area contributed by atoms with Crippen LogP contribution in [0.2, 0.25) is 0 Å². The van der Waals surface area contributed by atoms with Gasteiger partial charge in [-0.1, -0.05) is 13.8 Å². The molecule has 1 saturated carbocycles. The summed E-state index contributed by atoms with van der Waals surface area (Å²) >= 11 is 0. The average molecular weight is 224 g/mol. The van der Waals surface area contributed by atoms with Crippen LogP contribution in [0.3, 0.4) is 0 Å². The number of ketones is 1. The molecular formula is C10H15F3O2. The lowest BCUT2D eigenvalue weighted by atomic mass is 9.75. The van der Waals surface area contributed by atoms with E-state index in [1.165, 1.54) is 0 Å². The molecule has 0 spiro atoms. The Hall–Kier alpha value is -0.580. The molecule has 0 aromatic carbocycles. The molecule has 2 nitrogen and oxygen atoms in total. The maximum Gasteiger partial charge on any atom is 0.411 e. The summed E-state index contributed by atoms with van der Waals surface area (Å²) in [6.45, 7) is 2.48. The van der Waals surface area contributed by atoms with Crippen LogP contribution in [0.4, 0.5) is 13.2 Å². The van der Waals surface area contributed by atoms with Crippen LogP contribution in [-0.4, -0.2) is 24.7 Å². The van der Waals surface area contributed by atoms with Crippen molar-refractivity contribution >= 4 is 5.78 Å². The Bertz CT molecular complexity index is 246. The molecule has 1 aliphatic rings. The number of carbonyl (C=O) groups excluding carboxylic acids is 1. The van der Waals surface area contributed by atoms with Gasteiger partial charge in [0.15, 0.2) is 0 Å². The van der Waals surface area contributed by atoms with Crippen molar-refractivity contribution in [3.63, 3.8) is 0 Å². The summed E-state index contributed by atoms with van der Waals surface area (Å²) < 4.78 is 40.4. The van der Waals surface area contributed by atoms with Gasteiger partial charge in [0.1, 0.15) is 12.4 Å². The number of carbonyl (C=O) groups is 1. The number of hydrogen-bond acceptors (Lipinski definition) is 2. The molecule has 0 N–H and O–H groups in total. The Balaban J connectivity index is 2.46. The zero-order chi connectivity index (χ0) is 11.7. The van der Waals surface area contributed by atoms with Crippen molar-refractivity contribution in [2.75, 3.05) is 6.61 Å². The van der Waals surface area contributed by atoms with Crippen LogP contribution in [0.5, 0.6) is 0 Å². The molecule has 0 aromatic heterocycles. The summed E-state index contributed by atoms with van der Waals surface area (Å²) in [5, 5.41) is 0. The first-order valence-electron chi connectivity index (χ1n) is 4.88. The zero-order valence-corrected chi connectivity index (χ0v) is 8.86. The third-order valence-electron chi connectivity index (χ3n) is 2.39. The number of rotatable bonds is 2. The molecule has 1 atom stereocenters. The van der Waals surface area contributed by atoms with Crippen molar-refractivity contribution in [3.05, 3.63) is 0 Å². The van der Waals surface area contributed by atoms with E-state index < -0.39 is 18.9 Å². The highest BCUT2D eigenvalue weighted by Gasteiger charge is 2.36. The van der Waals surface area contributed by atoms with Gasteiger partial charge in [0.05, 0.1) is 6.10 Å². The van der Waals surface area contributed by atoms with Crippen LogP contribution in [0.15, 0.2) is 0 Å². The predicted molar refractivity (Wildman–Crippen MR) is 48.4 cm³/mol. The number of halogens is 3. The lowest BCUT2D eigenvalue weighted by Gasteiger charge is -2.34. The Labute approximate surface area is 86.8 Å². The number of ether oxygens (including phenoxy) is 1. The first-order valence-corrected chi connectivity index (χ1v) is 4.88. The van der Waals surface area contributed by atoms with E-state index in [0.717, 1.165) is 0 Å². The van der Waals surface area contributed by atoms with E-state index in [2.05, 4.69) is 0 Å². The molecule has 5 heteroatoms. The minimum atomic E-state index is -4.31. The predicted octanol–water partition coefficient (Wildman–Crippen LogP) is 2.71. The third-order valence-corrected chi connectivity index (χ3v) is 2.39. The van der Waals surface area contributed by atoms with E-state index in [1.807, 2.05) is 13.8 Å². The summed E-state index contributed by atoms with van der Waals surface area (Å²) in [6, 6.07) is 0. The van der Waals surface area contributed by atoms with E-state index in [-0.39, 0.29) is 17.6 Å². The molecule has 1 aliphatic carbocycles. The third kappa shape index (κ3) is 4.64. The van der Waals surface area contributed by atoms with E-state index in [9.17, 15) is 18.0 Å². The number of alkyl halides is 3. The van der Waals surface area contributed by atoms with Gasteiger partial charge in [0, 0.05) is 12.8 Å². The lowest BCUT2D eigenvalue weighted by molar-refractivity contribution is -0.191. The summed E-state index contributed by atoms with van der Waals surface area (Å²) in [6.07, 6.45) is -3.85. The van der Waals surface area contributed by atoms with Crippen molar-refractivity contribution < 1.29 is 22.7 Å². The van der Waals surface area contributed by atoms with Gasteiger partial charge in [-0.15, -0.1) is 0 Å². The van der Waals surface area contributed by atoms with E-state index in [4.69, 9.17) is 4.74 Å². The number of hydrogen-bond donors (Lipinski definition) is 0. The van der Waals surface area contributed by atoms with Gasteiger partial charge < -0.3 is 4.74 Å². The fourth-order valence-corrected chi connectivity index (χ4v) is 1.95. The molecule has 88 valence electrons. The van der Waals surface area contributed by atoms with Crippen molar-refractivity contribution in [3.8, 4) is 0 Å². The highest BCUT2D eigenvalue weighted by molar-refractivity contribution is 5.80. The second kappa shape index (κ2) is 4.12. The first-order chi connectivity index (χ1) is 6.68. The van der Waals surface area contributed by atoms with Crippen molar-refractivity contribution in [1.29, 1.82) is 0 Å². The molecule has 15 heavy (non-hydrogen) atoms. The van der Waals surface area contributed by atoms with Crippen LogP contribution in [0.25, 0.3) is 0 Å². The van der Waals surface area contributed by atoms with E-state index >= 15 is 0 Å². The summed E-state index contributed by atoms with van der Waals surface area (Å²) in [7, 11) is 0. The molecule has 1 rings (SSSR count). The van der Waals surface area contributed by atoms with Crippen LogP contribution in [-0.2, 0) is 9.53 Å². The topological polar surface area (TPSA) is 26.3 Å². The Kier molecular flexibility index (Phi) is 3.43. The first kappa shape index (κ1) is 12.5. The maximum atomic E-state index is 11.9. The van der Waals surface area contributed by atoms with Gasteiger partial charge in [-0.2, -0.15) is 13.2 Å². The second-order valence-corrected chi connectivity index (χ2v) is 4.84. The molecule has 0 heterocycles. The van der Waals surface area contributed by atoms with Crippen LogP contribution < -0.4 is 0 Å². The molecule has 0 amide bonds. The molecule has 0 radical (unpaired) electrons. The smallest absolute Gasteiger partial charge is 0.368 e. The van der Waals surface area contributed by atoms with Crippen molar-refractivity contribution in [2.45, 2.75) is 45.4 Å². The van der Waals surface area contributed by atoms with Gasteiger partial charge in [0.2, 0.25) is 0 Å².